The van der Waals surface area contributed by atoms with Crippen molar-refractivity contribution in [3.8, 4) is 22.3 Å². The van der Waals surface area contributed by atoms with Gasteiger partial charge >= 0.3 is 0 Å². The van der Waals surface area contributed by atoms with Crippen LogP contribution in [-0.2, 0) is 0 Å². The van der Waals surface area contributed by atoms with Gasteiger partial charge in [-0.25, -0.2) is 4.99 Å². The molecule has 240 valence electrons. The topological polar surface area (TPSA) is 29.3 Å². The van der Waals surface area contributed by atoms with E-state index in [0.29, 0.717) is 0 Å². The van der Waals surface area contributed by atoms with Crippen LogP contribution in [0.15, 0.2) is 163 Å². The molecule has 0 amide bonds. The van der Waals surface area contributed by atoms with E-state index in [0.717, 1.165) is 22.3 Å². The predicted molar refractivity (Wildman–Crippen MR) is 221 cm³/mol. The number of fused-ring (bicyclic) bond motifs is 9. The van der Waals surface area contributed by atoms with Crippen LogP contribution in [-0.4, -0.2) is 10.8 Å². The quantitative estimate of drug-likeness (QED) is 0.196. The largest absolute Gasteiger partial charge is 0.346 e. The number of hydrogen-bond donors (Lipinski definition) is 1. The van der Waals surface area contributed by atoms with Crippen molar-refractivity contribution >= 4 is 96.7 Å². The van der Waals surface area contributed by atoms with Crippen LogP contribution in [0.1, 0.15) is 11.9 Å². The Morgan fingerprint density at radius 3 is 1.73 bits per heavy atom. The fraction of sp³-hybridized carbons (Fsp3) is 0.0217. The number of nitrogens with one attached hydrogen (secondary N) is 1. The van der Waals surface area contributed by atoms with Gasteiger partial charge in [-0.2, -0.15) is 0 Å². The highest BCUT2D eigenvalue weighted by Crippen LogP contribution is 2.43. The molecule has 0 spiro atoms. The molecule has 51 heavy (non-hydrogen) atoms. The minimum Gasteiger partial charge on any atom is -0.346 e. The fourth-order valence-electron chi connectivity index (χ4n) is 7.95. The molecule has 10 aromatic rings. The van der Waals surface area contributed by atoms with Gasteiger partial charge < -0.3 is 9.88 Å². The van der Waals surface area contributed by atoms with Crippen LogP contribution in [0.25, 0.3) is 90.1 Å². The van der Waals surface area contributed by atoms with Gasteiger partial charge in [0, 0.05) is 63.0 Å². The highest BCUT2D eigenvalue weighted by Gasteiger charge is 2.21. The average molecular weight is 688 g/mol. The van der Waals surface area contributed by atoms with Crippen molar-refractivity contribution in [3.05, 3.63) is 163 Å². The Morgan fingerprint density at radius 1 is 0.471 bits per heavy atom. The first-order valence-electron chi connectivity index (χ1n) is 17.2. The van der Waals surface area contributed by atoms with E-state index >= 15 is 0 Å². The number of benzene rings is 7. The lowest BCUT2D eigenvalue weighted by Crippen LogP contribution is -2.26. The van der Waals surface area contributed by atoms with Crippen molar-refractivity contribution in [3.63, 3.8) is 0 Å². The van der Waals surface area contributed by atoms with E-state index in [1.807, 2.05) is 28.9 Å². The van der Waals surface area contributed by atoms with E-state index in [1.54, 1.807) is 0 Å². The summed E-state index contributed by atoms with van der Waals surface area (Å²) in [6.45, 7) is 0. The van der Waals surface area contributed by atoms with Crippen molar-refractivity contribution in [1.82, 2.24) is 9.88 Å². The summed E-state index contributed by atoms with van der Waals surface area (Å²) in [5.74, 6) is 0. The van der Waals surface area contributed by atoms with Gasteiger partial charge in [0.1, 0.15) is 0 Å². The molecule has 3 nitrogen and oxygen atoms in total. The normalized spacial score (nSPS) is 14.7. The summed E-state index contributed by atoms with van der Waals surface area (Å²) in [5.41, 5.74) is 9.52. The molecule has 1 aliphatic heterocycles. The van der Waals surface area contributed by atoms with Crippen LogP contribution in [0.4, 0.5) is 0 Å². The van der Waals surface area contributed by atoms with Crippen LogP contribution in [0.3, 0.4) is 0 Å². The van der Waals surface area contributed by atoms with Crippen molar-refractivity contribution in [2.75, 3.05) is 0 Å². The molecule has 0 fully saturated rings. The first-order valence-corrected chi connectivity index (χ1v) is 18.9. The first-order chi connectivity index (χ1) is 25.3. The zero-order valence-corrected chi connectivity index (χ0v) is 29.0. The molecule has 0 saturated heterocycles. The summed E-state index contributed by atoms with van der Waals surface area (Å²) < 4.78 is 7.67. The van der Waals surface area contributed by atoms with Crippen LogP contribution < -0.4 is 5.32 Å². The second kappa shape index (κ2) is 11.3. The number of allylic oxidation sites excluding steroid dienone is 1. The Kier molecular flexibility index (Phi) is 6.35. The number of rotatable bonds is 4. The summed E-state index contributed by atoms with van der Waals surface area (Å²) in [7, 11) is 0. The number of aliphatic imine (C=N–C) groups is 1. The maximum atomic E-state index is 4.97. The molecular formula is C46H29N3S2. The van der Waals surface area contributed by atoms with Crippen LogP contribution >= 0.6 is 22.7 Å². The third-order valence-electron chi connectivity index (χ3n) is 10.3. The molecular weight excluding hydrogens is 659 g/mol. The van der Waals surface area contributed by atoms with Crippen LogP contribution in [0, 0.1) is 0 Å². The number of thiophene rings is 2. The Bertz CT molecular complexity index is 3060. The Hall–Kier alpha value is -6.01. The van der Waals surface area contributed by atoms with Gasteiger partial charge in [-0.3, -0.25) is 0 Å². The summed E-state index contributed by atoms with van der Waals surface area (Å²) >= 11 is 3.75. The van der Waals surface area contributed by atoms with Crippen molar-refractivity contribution in [2.24, 2.45) is 4.99 Å². The van der Waals surface area contributed by atoms with Crippen LogP contribution in [0.2, 0.25) is 0 Å². The van der Waals surface area contributed by atoms with E-state index in [4.69, 9.17) is 4.99 Å². The molecule has 0 radical (unpaired) electrons. The van der Waals surface area contributed by atoms with Gasteiger partial charge in [-0.1, -0.05) is 121 Å². The predicted octanol–water partition coefficient (Wildman–Crippen LogP) is 13.0. The highest BCUT2D eigenvalue weighted by molar-refractivity contribution is 7.26. The fourth-order valence-corrected chi connectivity index (χ4v) is 10.4. The number of nitrogens with zero attached hydrogens (tertiary/aromatic N) is 2. The monoisotopic (exact) mass is 687 g/mol. The molecule has 1 N–H and O–H groups in total. The van der Waals surface area contributed by atoms with Crippen molar-refractivity contribution in [2.45, 2.75) is 6.29 Å². The maximum Gasteiger partial charge on any atom is 0.200 e. The van der Waals surface area contributed by atoms with Gasteiger partial charge in [0.15, 0.2) is 0 Å². The highest BCUT2D eigenvalue weighted by atomic mass is 32.1. The van der Waals surface area contributed by atoms with Gasteiger partial charge in [0.2, 0.25) is 6.29 Å². The van der Waals surface area contributed by atoms with Gasteiger partial charge in [0.25, 0.3) is 0 Å². The summed E-state index contributed by atoms with van der Waals surface area (Å²) in [6, 6.07) is 55.3. The lowest BCUT2D eigenvalue weighted by atomic mass is 10.0. The minimum absolute atomic E-state index is 0.281. The van der Waals surface area contributed by atoms with Crippen LogP contribution in [0.5, 0.6) is 0 Å². The van der Waals surface area contributed by atoms with E-state index in [9.17, 15) is 0 Å². The second-order valence-corrected chi connectivity index (χ2v) is 15.3. The summed E-state index contributed by atoms with van der Waals surface area (Å²) in [4.78, 5) is 4.97. The van der Waals surface area contributed by atoms with E-state index in [-0.39, 0.29) is 6.29 Å². The van der Waals surface area contributed by atoms with E-state index in [2.05, 4.69) is 168 Å². The van der Waals surface area contributed by atoms with Gasteiger partial charge in [-0.15, -0.1) is 22.7 Å². The Balaban J connectivity index is 0.957. The van der Waals surface area contributed by atoms with E-state index < -0.39 is 0 Å². The number of hydrogen-bond acceptors (Lipinski definition) is 4. The molecule has 1 atom stereocenters. The van der Waals surface area contributed by atoms with Crippen molar-refractivity contribution in [1.29, 1.82) is 0 Å². The molecule has 0 aliphatic carbocycles. The van der Waals surface area contributed by atoms with Gasteiger partial charge in [-0.05, 0) is 64.2 Å². The van der Waals surface area contributed by atoms with Gasteiger partial charge in [0.05, 0.1) is 11.0 Å². The number of para-hydroxylation sites is 1. The minimum atomic E-state index is -0.281. The summed E-state index contributed by atoms with van der Waals surface area (Å²) in [5, 5.41) is 11.5. The Labute approximate surface area is 302 Å². The number of aromatic nitrogens is 1. The Morgan fingerprint density at radius 2 is 1.02 bits per heavy atom. The molecule has 0 bridgehead atoms. The molecule has 1 aliphatic rings. The SMILES string of the molecule is C1=NC(n2c3ccccc3c3cc(-c4cccc5c4sc4ccccc45)ccc32)NC(c2ccc(-c3cccc4c3sc3ccccc34)cc2)=C1. The molecule has 3 aromatic heterocycles. The first kappa shape index (κ1) is 28.8. The molecule has 11 rings (SSSR count). The molecule has 5 heteroatoms. The lowest BCUT2D eigenvalue weighted by Gasteiger charge is -2.24. The third kappa shape index (κ3) is 4.45. The van der Waals surface area contributed by atoms with E-state index in [1.165, 1.54) is 73.4 Å². The zero-order valence-electron chi connectivity index (χ0n) is 27.4. The molecule has 4 heterocycles. The van der Waals surface area contributed by atoms with Crippen molar-refractivity contribution < 1.29 is 0 Å². The lowest BCUT2D eigenvalue weighted by molar-refractivity contribution is 0.510. The molecule has 0 saturated carbocycles. The summed E-state index contributed by atoms with van der Waals surface area (Å²) in [6.07, 6.45) is 3.74. The maximum absolute atomic E-state index is 4.97. The smallest absolute Gasteiger partial charge is 0.200 e. The standard InChI is InChI=1S/C46H29N3S2/c1-4-16-40-33(9-1)38-27-30(32-13-8-15-37-35-11-3-6-18-43(35)51-45(32)37)23-24-41(38)49(40)46-47-26-25-39(48-46)29-21-19-28(20-22-29)31-12-7-14-36-34-10-2-5-17-42(34)50-44(31)36/h1-27,46,48H. The zero-order chi connectivity index (χ0) is 33.5. The molecule has 1 unspecified atom stereocenters. The molecule has 7 aromatic carbocycles. The third-order valence-corrected chi connectivity index (χ3v) is 12.8. The second-order valence-electron chi connectivity index (χ2n) is 13.2. The average Bonchev–Trinajstić information content (AvgIpc) is 3.87.